The Morgan fingerprint density at radius 1 is 1.16 bits per heavy atom. The number of hydrogen-bond donors (Lipinski definition) is 1. The first-order valence-corrected chi connectivity index (χ1v) is 9.73. The van der Waals surface area contributed by atoms with Crippen LogP contribution < -0.4 is 14.8 Å². The van der Waals surface area contributed by atoms with Gasteiger partial charge in [-0.25, -0.2) is 9.67 Å². The van der Waals surface area contributed by atoms with Crippen molar-refractivity contribution in [3.05, 3.63) is 60.2 Å². The quantitative estimate of drug-likeness (QED) is 0.626. The number of carbonyl (C=O) groups excluding carboxylic acids is 1. The lowest BCUT2D eigenvalue weighted by Crippen LogP contribution is -2.30. The van der Waals surface area contributed by atoms with Crippen LogP contribution in [-0.2, 0) is 17.5 Å². The molecule has 2 heterocycles. The highest BCUT2D eigenvalue weighted by molar-refractivity contribution is 5.94. The van der Waals surface area contributed by atoms with Crippen molar-refractivity contribution in [2.24, 2.45) is 0 Å². The molecule has 1 aliphatic heterocycles. The van der Waals surface area contributed by atoms with Gasteiger partial charge in [-0.1, -0.05) is 6.07 Å². The first kappa shape index (κ1) is 21.6. The second-order valence-corrected chi connectivity index (χ2v) is 7.27. The van der Waals surface area contributed by atoms with Crippen LogP contribution in [0.4, 0.5) is 18.9 Å². The van der Waals surface area contributed by atoms with Gasteiger partial charge in [0.2, 0.25) is 5.91 Å². The van der Waals surface area contributed by atoms with Gasteiger partial charge in [0.05, 0.1) is 23.5 Å². The Balaban J connectivity index is 1.46. The zero-order valence-electron chi connectivity index (χ0n) is 17.1. The topological polar surface area (TPSA) is 81.5 Å². The predicted molar refractivity (Wildman–Crippen MR) is 109 cm³/mol. The highest BCUT2D eigenvalue weighted by Crippen LogP contribution is 2.33. The Labute approximate surface area is 181 Å². The summed E-state index contributed by atoms with van der Waals surface area (Å²) >= 11 is 0. The van der Waals surface area contributed by atoms with E-state index >= 15 is 0 Å². The van der Waals surface area contributed by atoms with E-state index in [1.807, 2.05) is 18.2 Å². The number of nitrogens with zero attached hydrogens (tertiary/aromatic N) is 4. The van der Waals surface area contributed by atoms with Crippen LogP contribution in [0, 0.1) is 0 Å². The Kier molecular flexibility index (Phi) is 5.99. The summed E-state index contributed by atoms with van der Waals surface area (Å²) in [6, 6.07) is 8.59. The largest absolute Gasteiger partial charge is 0.486 e. The first-order valence-electron chi connectivity index (χ1n) is 9.73. The SMILES string of the molecule is CN(CC(=O)Nc1cc(C(F)(F)F)ccc1-n1cncn1)Cc1ccc2c(c1)OCCO2. The summed E-state index contributed by atoms with van der Waals surface area (Å²) in [7, 11) is 1.74. The van der Waals surface area contributed by atoms with E-state index in [2.05, 4.69) is 15.4 Å². The number of likely N-dealkylation sites (N-methyl/N-ethyl adjacent to an activating group) is 1. The number of rotatable bonds is 6. The van der Waals surface area contributed by atoms with E-state index in [1.165, 1.54) is 23.4 Å². The third-order valence-corrected chi connectivity index (χ3v) is 4.74. The number of benzene rings is 2. The van der Waals surface area contributed by atoms with Crippen LogP contribution >= 0.6 is 0 Å². The van der Waals surface area contributed by atoms with Gasteiger partial charge in [-0.05, 0) is 42.9 Å². The summed E-state index contributed by atoms with van der Waals surface area (Å²) in [6.45, 7) is 1.36. The minimum absolute atomic E-state index is 0.0111. The van der Waals surface area contributed by atoms with Crippen molar-refractivity contribution in [2.45, 2.75) is 12.7 Å². The van der Waals surface area contributed by atoms with E-state index < -0.39 is 17.6 Å². The third-order valence-electron chi connectivity index (χ3n) is 4.74. The molecule has 4 rings (SSSR count). The van der Waals surface area contributed by atoms with Gasteiger partial charge in [0.25, 0.3) is 0 Å². The number of halogens is 3. The third kappa shape index (κ3) is 4.99. The fourth-order valence-corrected chi connectivity index (χ4v) is 3.33. The van der Waals surface area contributed by atoms with Crippen LogP contribution in [0.25, 0.3) is 5.69 Å². The molecule has 0 saturated heterocycles. The minimum atomic E-state index is -4.55. The number of carbonyl (C=O) groups is 1. The number of nitrogens with one attached hydrogen (secondary N) is 1. The van der Waals surface area contributed by atoms with Gasteiger partial charge < -0.3 is 14.8 Å². The maximum absolute atomic E-state index is 13.2. The number of anilines is 1. The molecular formula is C21H20F3N5O3. The molecule has 1 N–H and O–H groups in total. The maximum Gasteiger partial charge on any atom is 0.416 e. The predicted octanol–water partition coefficient (Wildman–Crippen LogP) is 3.13. The van der Waals surface area contributed by atoms with E-state index in [9.17, 15) is 18.0 Å². The summed E-state index contributed by atoms with van der Waals surface area (Å²) in [4.78, 5) is 18.1. The number of alkyl halides is 3. The molecule has 32 heavy (non-hydrogen) atoms. The Morgan fingerprint density at radius 3 is 2.66 bits per heavy atom. The normalized spacial score (nSPS) is 13.3. The van der Waals surface area contributed by atoms with Crippen molar-refractivity contribution >= 4 is 11.6 Å². The molecule has 0 saturated carbocycles. The summed E-state index contributed by atoms with van der Waals surface area (Å²) < 4.78 is 51.9. The smallest absolute Gasteiger partial charge is 0.416 e. The summed E-state index contributed by atoms with van der Waals surface area (Å²) in [5.41, 5.74) is 0.301. The zero-order valence-corrected chi connectivity index (χ0v) is 17.1. The van der Waals surface area contributed by atoms with Gasteiger partial charge in [0.15, 0.2) is 11.5 Å². The number of aromatic nitrogens is 3. The van der Waals surface area contributed by atoms with Gasteiger partial charge in [-0.3, -0.25) is 9.69 Å². The fourth-order valence-electron chi connectivity index (χ4n) is 3.33. The summed E-state index contributed by atoms with van der Waals surface area (Å²) in [6.07, 6.45) is -1.95. The molecule has 0 atom stereocenters. The number of fused-ring (bicyclic) bond motifs is 1. The van der Waals surface area contributed by atoms with Gasteiger partial charge >= 0.3 is 6.18 Å². The second-order valence-electron chi connectivity index (χ2n) is 7.27. The van der Waals surface area contributed by atoms with E-state index in [4.69, 9.17) is 9.47 Å². The molecule has 0 bridgehead atoms. The lowest BCUT2D eigenvalue weighted by molar-refractivity contribution is -0.137. The number of ether oxygens (including phenoxy) is 2. The fraction of sp³-hybridized carbons (Fsp3) is 0.286. The van der Waals surface area contributed by atoms with Gasteiger partial charge in [0, 0.05) is 6.54 Å². The molecule has 0 fully saturated rings. The van der Waals surface area contributed by atoms with E-state index in [-0.39, 0.29) is 17.9 Å². The molecular weight excluding hydrogens is 427 g/mol. The number of amides is 1. The number of hydrogen-bond acceptors (Lipinski definition) is 6. The van der Waals surface area contributed by atoms with Crippen LogP contribution in [0.5, 0.6) is 11.5 Å². The van der Waals surface area contributed by atoms with Crippen LogP contribution in [0.15, 0.2) is 49.1 Å². The lowest BCUT2D eigenvalue weighted by Gasteiger charge is -2.21. The van der Waals surface area contributed by atoms with E-state index in [1.54, 1.807) is 11.9 Å². The Bertz CT molecular complexity index is 1100. The lowest BCUT2D eigenvalue weighted by atomic mass is 10.1. The van der Waals surface area contributed by atoms with Gasteiger partial charge in [0.1, 0.15) is 25.9 Å². The summed E-state index contributed by atoms with van der Waals surface area (Å²) in [5, 5.41) is 6.50. The standard InChI is InChI=1S/C21H20F3N5O3/c1-28(10-14-2-5-18-19(8-14)32-7-6-31-18)11-20(30)27-16-9-15(21(22,23)24)3-4-17(16)29-13-25-12-26-29/h2-5,8-9,12-13H,6-7,10-11H2,1H3,(H,27,30). The van der Waals surface area contributed by atoms with Crippen molar-refractivity contribution in [1.29, 1.82) is 0 Å². The van der Waals surface area contributed by atoms with Gasteiger partial charge in [-0.15, -0.1) is 0 Å². The second kappa shape index (κ2) is 8.87. The average molecular weight is 447 g/mol. The molecule has 2 aromatic carbocycles. The van der Waals surface area contributed by atoms with Crippen LogP contribution in [0.3, 0.4) is 0 Å². The summed E-state index contributed by atoms with van der Waals surface area (Å²) in [5.74, 6) is 0.851. The highest BCUT2D eigenvalue weighted by atomic mass is 19.4. The Morgan fingerprint density at radius 2 is 1.94 bits per heavy atom. The van der Waals surface area contributed by atoms with Crippen molar-refractivity contribution in [3.8, 4) is 17.2 Å². The van der Waals surface area contributed by atoms with Crippen LogP contribution in [-0.4, -0.2) is 52.4 Å². The van der Waals surface area contributed by atoms with Crippen molar-refractivity contribution in [3.63, 3.8) is 0 Å². The van der Waals surface area contributed by atoms with Crippen molar-refractivity contribution in [1.82, 2.24) is 19.7 Å². The minimum Gasteiger partial charge on any atom is -0.486 e. The molecule has 168 valence electrons. The monoisotopic (exact) mass is 447 g/mol. The molecule has 0 unspecified atom stereocenters. The molecule has 8 nitrogen and oxygen atoms in total. The van der Waals surface area contributed by atoms with Crippen LogP contribution in [0.1, 0.15) is 11.1 Å². The first-order chi connectivity index (χ1) is 15.3. The van der Waals surface area contributed by atoms with Gasteiger partial charge in [-0.2, -0.15) is 18.3 Å². The zero-order chi connectivity index (χ0) is 22.7. The molecule has 11 heteroatoms. The van der Waals surface area contributed by atoms with Crippen molar-refractivity contribution < 1.29 is 27.4 Å². The molecule has 0 spiro atoms. The molecule has 3 aromatic rings. The maximum atomic E-state index is 13.2. The van der Waals surface area contributed by atoms with Crippen LogP contribution in [0.2, 0.25) is 0 Å². The van der Waals surface area contributed by atoms with Crippen molar-refractivity contribution in [2.75, 3.05) is 32.1 Å². The molecule has 1 aliphatic rings. The van der Waals surface area contributed by atoms with E-state index in [0.717, 1.165) is 17.7 Å². The molecule has 0 radical (unpaired) electrons. The van der Waals surface area contributed by atoms with E-state index in [0.29, 0.717) is 31.3 Å². The average Bonchev–Trinajstić information content (AvgIpc) is 3.27. The molecule has 0 aliphatic carbocycles. The Hall–Kier alpha value is -3.60. The highest BCUT2D eigenvalue weighted by Gasteiger charge is 2.31. The molecule has 1 aromatic heterocycles. The molecule has 1 amide bonds.